The van der Waals surface area contributed by atoms with Crippen LogP contribution in [0.25, 0.3) is 0 Å². The minimum atomic E-state index is -2.05. The maximum absolute atomic E-state index is 6.28. The molecule has 0 fully saturated rings. The Morgan fingerprint density at radius 1 is 0.444 bits per heavy atom. The van der Waals surface area contributed by atoms with Gasteiger partial charge in [0.25, 0.3) is 0 Å². The Morgan fingerprint density at radius 3 is 0.833 bits per heavy atom. The molecule has 0 bridgehead atoms. The van der Waals surface area contributed by atoms with E-state index < -0.39 is 33.8 Å². The summed E-state index contributed by atoms with van der Waals surface area (Å²) in [5.41, 5.74) is 0. The molecule has 0 aliphatic heterocycles. The molecule has 109 valence electrons. The topological polar surface area (TPSA) is 27.7 Å². The van der Waals surface area contributed by atoms with Crippen LogP contribution in [0.3, 0.4) is 0 Å². The Hall–Kier alpha value is 1.33. The van der Waals surface area contributed by atoms with Gasteiger partial charge in [-0.2, -0.15) is 0 Å². The zero-order chi connectivity index (χ0) is 14.1. The summed E-state index contributed by atoms with van der Waals surface area (Å²) >= 11 is 0. The minimum absolute atomic E-state index is 0. The smallest absolute Gasteiger partial charge is 0.312 e. The van der Waals surface area contributed by atoms with Crippen LogP contribution < -0.4 is 0 Å². The summed E-state index contributed by atoms with van der Waals surface area (Å²) in [6.45, 7) is 21.8. The van der Waals surface area contributed by atoms with Gasteiger partial charge in [0.1, 0.15) is 0 Å². The van der Waals surface area contributed by atoms with Gasteiger partial charge in [-0.3, -0.25) is 0 Å². The summed E-state index contributed by atoms with van der Waals surface area (Å²) < 4.78 is 18.7. The van der Waals surface area contributed by atoms with Gasteiger partial charge in [0.05, 0.1) is 0 Å². The Kier molecular flexibility index (Phi) is 8.24. The van der Waals surface area contributed by atoms with Gasteiger partial charge in [0.2, 0.25) is 0 Å². The molecule has 0 aromatic heterocycles. The van der Waals surface area contributed by atoms with Gasteiger partial charge < -0.3 is 12.3 Å². The van der Waals surface area contributed by atoms with Crippen molar-refractivity contribution in [3.63, 3.8) is 0 Å². The van der Waals surface area contributed by atoms with E-state index in [0.717, 1.165) is 0 Å². The molecular weight excluding hydrogens is 331 g/mol. The minimum Gasteiger partial charge on any atom is -0.437 e. The van der Waals surface area contributed by atoms with Crippen LogP contribution >= 0.6 is 0 Å². The molecule has 1 radical (unpaired) electrons. The summed E-state index contributed by atoms with van der Waals surface area (Å²) in [5.74, 6) is 0. The van der Waals surface area contributed by atoms with Crippen LogP contribution in [-0.2, 0) is 30.9 Å². The molecule has 0 saturated heterocycles. The fourth-order valence-corrected chi connectivity index (χ4v) is 19.7. The third kappa shape index (κ3) is 12.4. The summed E-state index contributed by atoms with van der Waals surface area (Å²) in [4.78, 5) is 0. The molecule has 0 aromatic rings. The number of hydrogen-bond acceptors (Lipinski definition) is 3. The fourth-order valence-electron chi connectivity index (χ4n) is 2.11. The molecule has 0 aliphatic rings. The first-order valence-corrected chi connectivity index (χ1v) is 18.7. The summed E-state index contributed by atoms with van der Waals surface area (Å²) in [7, 11) is -7.18. The molecule has 0 unspecified atom stereocenters. The molecule has 0 heterocycles. The first kappa shape index (κ1) is 21.6. The first-order chi connectivity index (χ1) is 7.12. The van der Waals surface area contributed by atoms with Crippen molar-refractivity contribution >= 4 is 33.8 Å². The van der Waals surface area contributed by atoms with Crippen molar-refractivity contribution in [2.75, 3.05) is 0 Å². The number of hydrogen-bond donors (Lipinski definition) is 0. The molecule has 8 heteroatoms. The second-order valence-electron chi connectivity index (χ2n) is 7.33. The zero-order valence-corrected chi connectivity index (χ0v) is 19.1. The molecule has 18 heavy (non-hydrogen) atoms. The van der Waals surface area contributed by atoms with Crippen LogP contribution in [0.15, 0.2) is 0 Å². The van der Waals surface area contributed by atoms with E-state index in [1.54, 1.807) is 0 Å². The van der Waals surface area contributed by atoms with E-state index in [1.807, 2.05) is 0 Å². The van der Waals surface area contributed by atoms with Crippen molar-refractivity contribution in [3.05, 3.63) is 0 Å². The van der Waals surface area contributed by atoms with Gasteiger partial charge in [-0.25, -0.2) is 0 Å². The second-order valence-corrected chi connectivity index (χ2v) is 23.8. The molecule has 0 atom stereocenters. The Balaban J connectivity index is 0. The van der Waals surface area contributed by atoms with Gasteiger partial charge in [-0.05, 0) is 65.5 Å². The maximum Gasteiger partial charge on any atom is 0.312 e. The van der Waals surface area contributed by atoms with Crippen molar-refractivity contribution in [3.8, 4) is 0 Å². The van der Waals surface area contributed by atoms with Gasteiger partial charge in [-0.15, -0.1) is 0 Å². The van der Waals surface area contributed by atoms with Crippen LogP contribution in [0.5, 0.6) is 0 Å². The fraction of sp³-hybridized carbons (Fsp3) is 1.00. The van der Waals surface area contributed by atoms with Crippen molar-refractivity contribution in [1.29, 1.82) is 0 Å². The molecule has 3 nitrogen and oxygen atoms in total. The van der Waals surface area contributed by atoms with Gasteiger partial charge in [0, 0.05) is 18.6 Å². The molecule has 0 saturated carbocycles. The predicted octanol–water partition coefficient (Wildman–Crippen LogP) is 4.11. The van der Waals surface area contributed by atoms with E-state index in [9.17, 15) is 0 Å². The Labute approximate surface area is 130 Å². The SMILES string of the molecule is C[Si](C)(C)O[Si](C)(C)O[Si](C)(C)O[Si](C)(C)C.[V]. The van der Waals surface area contributed by atoms with Gasteiger partial charge in [0.15, 0.2) is 16.6 Å². The Morgan fingerprint density at radius 2 is 0.667 bits per heavy atom. The average molecular weight is 362 g/mol. The van der Waals surface area contributed by atoms with E-state index >= 15 is 0 Å². The van der Waals surface area contributed by atoms with E-state index in [1.165, 1.54) is 0 Å². The molecule has 0 rings (SSSR count). The molecule has 0 amide bonds. The van der Waals surface area contributed by atoms with Crippen molar-refractivity contribution in [2.45, 2.75) is 65.5 Å². The first-order valence-electron chi connectivity index (χ1n) is 6.22. The summed E-state index contributed by atoms with van der Waals surface area (Å²) in [6, 6.07) is 0. The number of rotatable bonds is 6. The second kappa shape index (κ2) is 6.86. The summed E-state index contributed by atoms with van der Waals surface area (Å²) in [5, 5.41) is 0. The third-order valence-corrected chi connectivity index (χ3v) is 14.4. The van der Waals surface area contributed by atoms with E-state index in [4.69, 9.17) is 12.3 Å². The predicted molar refractivity (Wildman–Crippen MR) is 84.9 cm³/mol. The molecular formula is C10H30O3Si4V. The van der Waals surface area contributed by atoms with Crippen LogP contribution in [0, 0.1) is 0 Å². The zero-order valence-electron chi connectivity index (χ0n) is 13.7. The van der Waals surface area contributed by atoms with Gasteiger partial charge >= 0.3 is 17.1 Å². The largest absolute Gasteiger partial charge is 0.437 e. The van der Waals surface area contributed by atoms with Crippen molar-refractivity contribution < 1.29 is 30.9 Å². The van der Waals surface area contributed by atoms with Crippen LogP contribution in [0.2, 0.25) is 65.5 Å². The van der Waals surface area contributed by atoms with E-state index in [0.29, 0.717) is 0 Å². The van der Waals surface area contributed by atoms with Crippen LogP contribution in [-0.4, -0.2) is 33.8 Å². The summed E-state index contributed by atoms with van der Waals surface area (Å²) in [6.07, 6.45) is 0. The Bertz CT molecular complexity index is 233. The molecule has 0 N–H and O–H groups in total. The molecule has 0 aliphatic carbocycles. The average Bonchev–Trinajstić information content (AvgIpc) is 1.65. The van der Waals surface area contributed by atoms with Crippen molar-refractivity contribution in [1.82, 2.24) is 0 Å². The van der Waals surface area contributed by atoms with Crippen LogP contribution in [0.4, 0.5) is 0 Å². The quantitative estimate of drug-likeness (QED) is 0.666. The van der Waals surface area contributed by atoms with E-state index in [-0.39, 0.29) is 18.6 Å². The van der Waals surface area contributed by atoms with Crippen LogP contribution in [0.1, 0.15) is 0 Å². The maximum atomic E-state index is 6.28. The normalized spacial score (nSPS) is 14.3. The standard InChI is InChI=1S/C10H30O3Si4.V/c1-14(2,3)11-16(7,8)13-17(9,10)12-15(4,5)6;/h1-10H3;. The molecule has 0 spiro atoms. The monoisotopic (exact) mass is 361 g/mol. The van der Waals surface area contributed by atoms with Gasteiger partial charge in [-0.1, -0.05) is 0 Å². The molecule has 0 aromatic carbocycles. The van der Waals surface area contributed by atoms with Crippen molar-refractivity contribution in [2.24, 2.45) is 0 Å². The van der Waals surface area contributed by atoms with E-state index in [2.05, 4.69) is 65.5 Å². The third-order valence-electron chi connectivity index (χ3n) is 1.60.